The molecule has 0 saturated carbocycles. The number of halogens is 5. The summed E-state index contributed by atoms with van der Waals surface area (Å²) in [7, 11) is 1.65. The van der Waals surface area contributed by atoms with E-state index in [9.17, 15) is 22.0 Å². The van der Waals surface area contributed by atoms with Crippen LogP contribution in [0.3, 0.4) is 0 Å². The maximum Gasteiger partial charge on any atom is 0.195 e. The Morgan fingerprint density at radius 2 is 1.26 bits per heavy atom. The van der Waals surface area contributed by atoms with Gasteiger partial charge in [-0.25, -0.2) is 22.0 Å². The van der Waals surface area contributed by atoms with Crippen LogP contribution in [0.2, 0.25) is 0 Å². The van der Waals surface area contributed by atoms with Gasteiger partial charge in [-0.1, -0.05) is 42.2 Å². The van der Waals surface area contributed by atoms with E-state index in [0.717, 1.165) is 23.6 Å². The third-order valence-electron chi connectivity index (χ3n) is 5.73. The Morgan fingerprint density at radius 1 is 0.629 bits per heavy atom. The zero-order valence-electron chi connectivity index (χ0n) is 18.9. The van der Waals surface area contributed by atoms with Crippen LogP contribution in [-0.4, -0.2) is 13.7 Å². The molecule has 0 radical (unpaired) electrons. The van der Waals surface area contributed by atoms with E-state index in [2.05, 4.69) is 11.8 Å². The minimum atomic E-state index is -1.56. The van der Waals surface area contributed by atoms with Gasteiger partial charge in [0.2, 0.25) is 0 Å². The van der Waals surface area contributed by atoms with Crippen LogP contribution in [0.5, 0.6) is 0 Å². The van der Waals surface area contributed by atoms with Crippen molar-refractivity contribution in [1.29, 1.82) is 0 Å². The number of rotatable bonds is 6. The molecule has 4 aromatic carbocycles. The molecular weight excluding hydrogens is 459 g/mol. The van der Waals surface area contributed by atoms with Gasteiger partial charge in [0.25, 0.3) is 0 Å². The number of hydrogen-bond acceptors (Lipinski definition) is 1. The highest BCUT2D eigenvalue weighted by molar-refractivity contribution is 5.84. The second-order valence-electron chi connectivity index (χ2n) is 8.17. The van der Waals surface area contributed by atoms with Gasteiger partial charge in [-0.2, -0.15) is 0 Å². The molecule has 0 amide bonds. The lowest BCUT2D eigenvalue weighted by atomic mass is 10.0. The van der Waals surface area contributed by atoms with E-state index in [4.69, 9.17) is 4.74 Å². The van der Waals surface area contributed by atoms with Crippen molar-refractivity contribution >= 4 is 10.8 Å². The summed E-state index contributed by atoms with van der Waals surface area (Å²) in [6.45, 7) is 0.644. The van der Waals surface area contributed by atoms with E-state index >= 15 is 0 Å². The lowest BCUT2D eigenvalue weighted by molar-refractivity contribution is 0.202. The van der Waals surface area contributed by atoms with Gasteiger partial charge in [-0.05, 0) is 71.7 Å². The Hall–Kier alpha value is -3.69. The molecule has 4 aromatic rings. The van der Waals surface area contributed by atoms with E-state index in [1.807, 2.05) is 24.3 Å². The Morgan fingerprint density at radius 3 is 1.91 bits per heavy atom. The van der Waals surface area contributed by atoms with Gasteiger partial charge in [0.15, 0.2) is 17.5 Å². The zero-order valence-corrected chi connectivity index (χ0v) is 18.9. The lowest BCUT2D eigenvalue weighted by Crippen LogP contribution is -1.98. The van der Waals surface area contributed by atoms with Gasteiger partial charge in [0.1, 0.15) is 11.6 Å². The van der Waals surface area contributed by atoms with Crippen molar-refractivity contribution in [3.05, 3.63) is 118 Å². The van der Waals surface area contributed by atoms with E-state index in [1.165, 1.54) is 30.3 Å². The van der Waals surface area contributed by atoms with Crippen LogP contribution in [0.15, 0.2) is 60.7 Å². The highest BCUT2D eigenvalue weighted by Crippen LogP contribution is 2.24. The van der Waals surface area contributed by atoms with Crippen LogP contribution in [0.25, 0.3) is 10.8 Å². The van der Waals surface area contributed by atoms with Gasteiger partial charge in [0, 0.05) is 18.1 Å². The number of aryl methyl sites for hydroxylation is 2. The smallest absolute Gasteiger partial charge is 0.195 e. The molecule has 0 fully saturated rings. The van der Waals surface area contributed by atoms with Crippen molar-refractivity contribution < 1.29 is 26.7 Å². The Bertz CT molecular complexity index is 1410. The highest BCUT2D eigenvalue weighted by atomic mass is 19.2. The minimum Gasteiger partial charge on any atom is -0.384 e. The summed E-state index contributed by atoms with van der Waals surface area (Å²) >= 11 is 0. The first-order valence-corrected chi connectivity index (χ1v) is 11.0. The molecule has 0 atom stereocenters. The third-order valence-corrected chi connectivity index (χ3v) is 5.73. The fourth-order valence-corrected chi connectivity index (χ4v) is 3.79. The van der Waals surface area contributed by atoms with Crippen molar-refractivity contribution in [2.75, 3.05) is 13.7 Å². The Labute approximate surface area is 200 Å². The van der Waals surface area contributed by atoms with Gasteiger partial charge in [-0.3, -0.25) is 0 Å². The molecule has 0 bridgehead atoms. The maximum absolute atomic E-state index is 14.6. The summed E-state index contributed by atoms with van der Waals surface area (Å²) in [5.74, 6) is -0.693. The molecule has 0 N–H and O–H groups in total. The summed E-state index contributed by atoms with van der Waals surface area (Å²) < 4.78 is 75.1. The number of methoxy groups -OCH3 is 1. The summed E-state index contributed by atoms with van der Waals surface area (Å²) in [4.78, 5) is 0. The fourth-order valence-electron chi connectivity index (χ4n) is 3.79. The molecule has 35 heavy (non-hydrogen) atoms. The molecule has 0 spiro atoms. The van der Waals surface area contributed by atoms with Crippen LogP contribution >= 0.6 is 0 Å². The van der Waals surface area contributed by atoms with Crippen LogP contribution in [-0.2, 0) is 24.0 Å². The lowest BCUT2D eigenvalue weighted by Gasteiger charge is -2.06. The minimum absolute atomic E-state index is 0.0937. The normalized spacial score (nSPS) is 10.9. The molecule has 1 nitrogen and oxygen atoms in total. The molecule has 0 aliphatic heterocycles. The largest absolute Gasteiger partial charge is 0.384 e. The molecule has 6 heteroatoms. The molecular formula is C29H21F5O. The molecule has 0 aliphatic carbocycles. The molecule has 0 aromatic heterocycles. The predicted octanol–water partition coefficient (Wildman–Crippen LogP) is 6.91. The van der Waals surface area contributed by atoms with Crippen LogP contribution in [0, 0.1) is 40.9 Å². The number of benzene rings is 4. The quantitative estimate of drug-likeness (QED) is 0.166. The molecule has 0 aliphatic rings. The zero-order chi connectivity index (χ0) is 24.9. The Balaban J connectivity index is 1.49. The third kappa shape index (κ3) is 5.70. The Kier molecular flexibility index (Phi) is 7.48. The van der Waals surface area contributed by atoms with E-state index in [1.54, 1.807) is 7.11 Å². The van der Waals surface area contributed by atoms with Crippen molar-refractivity contribution in [2.24, 2.45) is 0 Å². The summed E-state index contributed by atoms with van der Waals surface area (Å²) in [5.41, 5.74) is 2.60. The predicted molar refractivity (Wildman–Crippen MR) is 126 cm³/mol. The van der Waals surface area contributed by atoms with Crippen LogP contribution in [0.1, 0.15) is 27.8 Å². The topological polar surface area (TPSA) is 9.23 Å². The second kappa shape index (κ2) is 10.7. The van der Waals surface area contributed by atoms with E-state index < -0.39 is 34.6 Å². The fraction of sp³-hybridized carbons (Fsp3) is 0.172. The van der Waals surface area contributed by atoms with Crippen LogP contribution < -0.4 is 0 Å². The highest BCUT2D eigenvalue weighted by Gasteiger charge is 2.14. The van der Waals surface area contributed by atoms with Crippen molar-refractivity contribution in [1.82, 2.24) is 0 Å². The average molecular weight is 480 g/mol. The monoisotopic (exact) mass is 480 g/mol. The van der Waals surface area contributed by atoms with Crippen LogP contribution in [0.4, 0.5) is 22.0 Å². The summed E-state index contributed by atoms with van der Waals surface area (Å²) in [6.07, 6.45) is 1.90. The second-order valence-corrected chi connectivity index (χ2v) is 8.17. The first-order valence-electron chi connectivity index (χ1n) is 11.0. The SMILES string of the molecule is COCCc1ccc(CCc2cc(F)c(C#Cc3ccc4c(F)c(F)c(F)cc4c3)c(F)c2)cc1. The molecule has 4 rings (SSSR count). The number of ether oxygens (including phenoxy) is 1. The first-order chi connectivity index (χ1) is 16.9. The van der Waals surface area contributed by atoms with Gasteiger partial charge >= 0.3 is 0 Å². The number of hydrogen-bond donors (Lipinski definition) is 0. The maximum atomic E-state index is 14.6. The average Bonchev–Trinajstić information content (AvgIpc) is 2.85. The van der Waals surface area contributed by atoms with Gasteiger partial charge in [0.05, 0.1) is 12.2 Å². The van der Waals surface area contributed by atoms with Crippen molar-refractivity contribution in [3.63, 3.8) is 0 Å². The first kappa shape index (κ1) is 24.4. The summed E-state index contributed by atoms with van der Waals surface area (Å²) in [5, 5.41) is -0.0167. The van der Waals surface area contributed by atoms with Gasteiger partial charge < -0.3 is 4.74 Å². The number of fused-ring (bicyclic) bond motifs is 1. The summed E-state index contributed by atoms with van der Waals surface area (Å²) in [6, 6.07) is 15.3. The van der Waals surface area contributed by atoms with E-state index in [0.29, 0.717) is 25.0 Å². The van der Waals surface area contributed by atoms with E-state index in [-0.39, 0.29) is 16.3 Å². The standard InChI is InChI=1S/C29H21F5O/c1-35-13-12-19-4-2-18(3-5-19)6-7-21-15-25(30)24(26(31)16-21)11-9-20-8-10-23-22(14-20)17-27(32)29(34)28(23)33/h2-5,8,10,14-17H,6-7,12-13H2,1H3. The van der Waals surface area contributed by atoms with Crippen molar-refractivity contribution in [2.45, 2.75) is 19.3 Å². The molecule has 0 saturated heterocycles. The molecule has 0 unspecified atom stereocenters. The van der Waals surface area contributed by atoms with Gasteiger partial charge in [-0.15, -0.1) is 0 Å². The molecule has 178 valence electrons. The molecule has 0 heterocycles. The van der Waals surface area contributed by atoms with Crippen molar-refractivity contribution in [3.8, 4) is 11.8 Å².